The number of likely N-dealkylation sites (tertiary alicyclic amines) is 2. The van der Waals surface area contributed by atoms with E-state index in [0.717, 1.165) is 23.3 Å². The first-order chi connectivity index (χ1) is 24.7. The Morgan fingerprint density at radius 1 is 0.615 bits per heavy atom. The fraction of sp³-hybridized carbons (Fsp3) is 0.300. The molecule has 12 heteroatoms. The minimum Gasteiger partial charge on any atom is -0.376 e. The van der Waals surface area contributed by atoms with Crippen molar-refractivity contribution in [3.63, 3.8) is 0 Å². The van der Waals surface area contributed by atoms with Crippen LogP contribution in [0.15, 0.2) is 97.1 Å². The van der Waals surface area contributed by atoms with Crippen LogP contribution >= 0.6 is 0 Å². The summed E-state index contributed by atoms with van der Waals surface area (Å²) in [7, 11) is 0. The van der Waals surface area contributed by atoms with Crippen molar-refractivity contribution in [2.45, 2.75) is 37.9 Å². The van der Waals surface area contributed by atoms with Gasteiger partial charge in [0, 0.05) is 37.6 Å². The van der Waals surface area contributed by atoms with Crippen LogP contribution in [-0.2, 0) is 30.4 Å². The van der Waals surface area contributed by atoms with E-state index >= 15 is 0 Å². The summed E-state index contributed by atoms with van der Waals surface area (Å²) in [6.07, 6.45) is 0.848. The Morgan fingerprint density at radius 3 is 1.33 bits per heavy atom. The number of nitrogens with zero attached hydrogens (tertiary/aromatic N) is 2. The molecule has 2 saturated heterocycles. The number of benzene rings is 4. The van der Waals surface area contributed by atoms with Crippen molar-refractivity contribution in [2.24, 2.45) is 11.8 Å². The lowest BCUT2D eigenvalue weighted by Crippen LogP contribution is -2.44. The first-order valence-electron chi connectivity index (χ1n) is 17.1. The third-order valence-corrected chi connectivity index (χ3v) is 9.94. The van der Waals surface area contributed by atoms with E-state index in [1.165, 1.54) is 60.0 Å². The van der Waals surface area contributed by atoms with E-state index < -0.39 is 46.5 Å². The van der Waals surface area contributed by atoms with E-state index in [9.17, 15) is 38.2 Å². The Kier molecular flexibility index (Phi) is 10.2. The summed E-state index contributed by atoms with van der Waals surface area (Å²) in [5.74, 6) is -3.74. The molecule has 2 heterocycles. The van der Waals surface area contributed by atoms with Crippen molar-refractivity contribution in [1.29, 1.82) is 0 Å². The molecule has 10 nitrogen and oxygen atoms in total. The molecule has 2 aliphatic heterocycles. The molecule has 0 radical (unpaired) electrons. The van der Waals surface area contributed by atoms with Crippen molar-refractivity contribution < 1.29 is 38.2 Å². The topological polar surface area (TPSA) is 139 Å². The van der Waals surface area contributed by atoms with Crippen molar-refractivity contribution >= 4 is 35.0 Å². The van der Waals surface area contributed by atoms with Crippen molar-refractivity contribution in [1.82, 2.24) is 9.80 Å². The second-order valence-electron chi connectivity index (χ2n) is 13.8. The third kappa shape index (κ3) is 7.73. The normalized spacial score (nSPS) is 19.4. The summed E-state index contributed by atoms with van der Waals surface area (Å²) >= 11 is 0. The molecule has 4 amide bonds. The fourth-order valence-electron chi connectivity index (χ4n) is 6.74. The number of halogens is 2. The van der Waals surface area contributed by atoms with Crippen LogP contribution in [0.1, 0.15) is 37.8 Å². The van der Waals surface area contributed by atoms with Crippen LogP contribution in [0.4, 0.5) is 20.2 Å². The van der Waals surface area contributed by atoms with Gasteiger partial charge in [-0.1, -0.05) is 48.5 Å². The van der Waals surface area contributed by atoms with Gasteiger partial charge in [0.25, 0.3) is 11.8 Å². The highest BCUT2D eigenvalue weighted by atomic mass is 19.1. The van der Waals surface area contributed by atoms with Gasteiger partial charge in [0.05, 0.1) is 11.8 Å². The standard InChI is InChI=1S/C40H40F2N4O6/c1-39(51,29-5-3-7-31(41)21-29)37(49)45-19-17-27(23-45)35(47)43-33-13-9-25(10-14-33)26-11-15-34(16-12-26)44-36(48)28-18-20-46(24-28)38(50)40(2,52)30-6-4-8-32(42)22-30/h3-16,21-22,27-28,51-52H,17-20,23-24H2,1-2H3,(H,43,47)(H,44,48)/t27-,28+,39+,40-. The summed E-state index contributed by atoms with van der Waals surface area (Å²) in [6.45, 7) is 3.49. The molecular weight excluding hydrogens is 670 g/mol. The smallest absolute Gasteiger partial charge is 0.258 e. The molecule has 0 unspecified atom stereocenters. The summed E-state index contributed by atoms with van der Waals surface area (Å²) in [6, 6.07) is 25.1. The van der Waals surface area contributed by atoms with Gasteiger partial charge in [-0.05, 0) is 97.5 Å². The van der Waals surface area contributed by atoms with Crippen molar-refractivity contribution in [3.05, 3.63) is 120 Å². The largest absolute Gasteiger partial charge is 0.376 e. The highest BCUT2D eigenvalue weighted by Crippen LogP contribution is 2.30. The van der Waals surface area contributed by atoms with Crippen molar-refractivity contribution in [3.8, 4) is 11.1 Å². The maximum Gasteiger partial charge on any atom is 0.258 e. The molecule has 4 aromatic carbocycles. The summed E-state index contributed by atoms with van der Waals surface area (Å²) in [4.78, 5) is 55.1. The Bertz CT molecular complexity index is 1840. The molecule has 0 aromatic heterocycles. The molecule has 0 spiro atoms. The van der Waals surface area contributed by atoms with Gasteiger partial charge in [-0.2, -0.15) is 0 Å². The monoisotopic (exact) mass is 710 g/mol. The number of carbonyl (C=O) groups is 4. The van der Waals surface area contributed by atoms with Gasteiger partial charge in [-0.15, -0.1) is 0 Å². The number of rotatable bonds is 9. The molecule has 270 valence electrons. The summed E-state index contributed by atoms with van der Waals surface area (Å²) in [5.41, 5.74) is -0.647. The zero-order valence-corrected chi connectivity index (χ0v) is 28.8. The van der Waals surface area contributed by atoms with Crippen LogP contribution in [0.3, 0.4) is 0 Å². The van der Waals surface area contributed by atoms with Gasteiger partial charge in [0.1, 0.15) is 11.6 Å². The number of hydrogen-bond acceptors (Lipinski definition) is 6. The number of anilines is 2. The summed E-state index contributed by atoms with van der Waals surface area (Å²) in [5, 5.41) is 27.6. The molecular formula is C40H40F2N4O6. The Labute approximate surface area is 300 Å². The van der Waals surface area contributed by atoms with Gasteiger partial charge >= 0.3 is 0 Å². The number of amides is 4. The molecule has 52 heavy (non-hydrogen) atoms. The summed E-state index contributed by atoms with van der Waals surface area (Å²) < 4.78 is 27.4. The lowest BCUT2D eigenvalue weighted by atomic mass is 9.94. The molecule has 0 bridgehead atoms. The Balaban J connectivity index is 0.988. The van der Waals surface area contributed by atoms with Crippen LogP contribution in [0.2, 0.25) is 0 Å². The van der Waals surface area contributed by atoms with E-state index in [1.54, 1.807) is 24.3 Å². The second kappa shape index (κ2) is 14.6. The zero-order valence-electron chi connectivity index (χ0n) is 28.8. The lowest BCUT2D eigenvalue weighted by Gasteiger charge is -2.28. The van der Waals surface area contributed by atoms with E-state index in [-0.39, 0.29) is 49.1 Å². The predicted octanol–water partition coefficient (Wildman–Crippen LogP) is 5.02. The maximum absolute atomic E-state index is 13.7. The lowest BCUT2D eigenvalue weighted by molar-refractivity contribution is -0.150. The predicted molar refractivity (Wildman–Crippen MR) is 190 cm³/mol. The maximum atomic E-state index is 13.7. The number of nitrogens with one attached hydrogen (secondary N) is 2. The molecule has 0 aliphatic carbocycles. The minimum atomic E-state index is -1.93. The number of aliphatic hydroxyl groups is 2. The van der Waals surface area contributed by atoms with Crippen LogP contribution in [0.25, 0.3) is 11.1 Å². The third-order valence-electron chi connectivity index (χ3n) is 9.94. The van der Waals surface area contributed by atoms with E-state index in [4.69, 9.17) is 0 Å². The van der Waals surface area contributed by atoms with Gasteiger partial charge in [-0.25, -0.2) is 8.78 Å². The molecule has 2 aliphatic rings. The van der Waals surface area contributed by atoms with E-state index in [1.807, 2.05) is 24.3 Å². The average Bonchev–Trinajstić information content (AvgIpc) is 3.83. The molecule has 0 saturated carbocycles. The molecule has 4 atom stereocenters. The van der Waals surface area contributed by atoms with Crippen LogP contribution in [-0.4, -0.2) is 69.8 Å². The first kappa shape index (κ1) is 36.3. The zero-order chi connectivity index (χ0) is 37.2. The van der Waals surface area contributed by atoms with Crippen molar-refractivity contribution in [2.75, 3.05) is 36.8 Å². The minimum absolute atomic E-state index is 0.132. The van der Waals surface area contributed by atoms with Gasteiger partial charge < -0.3 is 30.6 Å². The van der Waals surface area contributed by atoms with Gasteiger partial charge in [-0.3, -0.25) is 19.2 Å². The van der Waals surface area contributed by atoms with Gasteiger partial charge in [0.15, 0.2) is 11.2 Å². The van der Waals surface area contributed by atoms with E-state index in [0.29, 0.717) is 24.2 Å². The number of carbonyl (C=O) groups excluding carboxylic acids is 4. The SMILES string of the molecule is C[C@](O)(C(=O)N1CC[C@H](C(=O)Nc2ccc(-c3ccc(NC(=O)[C@@H]4CCN(C(=O)[C@@](C)(O)c5cccc(F)c5)C4)cc3)cc2)C1)c1cccc(F)c1. The van der Waals surface area contributed by atoms with Gasteiger partial charge in [0.2, 0.25) is 11.8 Å². The first-order valence-corrected chi connectivity index (χ1v) is 17.1. The van der Waals surface area contributed by atoms with Crippen LogP contribution < -0.4 is 10.6 Å². The average molecular weight is 711 g/mol. The molecule has 2 fully saturated rings. The highest BCUT2D eigenvalue weighted by Gasteiger charge is 2.42. The quantitative estimate of drug-likeness (QED) is 0.193. The number of hydrogen-bond donors (Lipinski definition) is 4. The Hall–Kier alpha value is -5.46. The highest BCUT2D eigenvalue weighted by molar-refractivity contribution is 5.95. The molecule has 4 aromatic rings. The fourth-order valence-corrected chi connectivity index (χ4v) is 6.74. The molecule has 4 N–H and O–H groups in total. The van der Waals surface area contributed by atoms with Crippen LogP contribution in [0.5, 0.6) is 0 Å². The van der Waals surface area contributed by atoms with Crippen LogP contribution in [0, 0.1) is 23.5 Å². The Morgan fingerprint density at radius 2 is 0.981 bits per heavy atom. The second-order valence-corrected chi connectivity index (χ2v) is 13.8. The molecule has 6 rings (SSSR count). The van der Waals surface area contributed by atoms with E-state index in [2.05, 4.69) is 10.6 Å².